The number of nitrogens with one attached hydrogen (secondary N) is 2. The van der Waals surface area contributed by atoms with E-state index in [9.17, 15) is 4.79 Å². The largest absolute Gasteiger partial charge is 0.486 e. The van der Waals surface area contributed by atoms with Gasteiger partial charge in [-0.05, 0) is 36.1 Å². The van der Waals surface area contributed by atoms with Gasteiger partial charge in [-0.1, -0.05) is 36.4 Å². The average molecular weight is 322 g/mol. The summed E-state index contributed by atoms with van der Waals surface area (Å²) in [4.78, 5) is 12.5. The van der Waals surface area contributed by atoms with Gasteiger partial charge in [0.25, 0.3) is 5.91 Å². The first kappa shape index (κ1) is 15.2. The molecular weight excluding hydrogens is 300 g/mol. The molecule has 1 saturated heterocycles. The molecule has 0 spiro atoms. The Kier molecular flexibility index (Phi) is 3.98. The van der Waals surface area contributed by atoms with Crippen molar-refractivity contribution in [3.05, 3.63) is 65.2 Å². The predicted molar refractivity (Wildman–Crippen MR) is 93.4 cm³/mol. The van der Waals surface area contributed by atoms with E-state index >= 15 is 0 Å². The first-order chi connectivity index (χ1) is 11.7. The lowest BCUT2D eigenvalue weighted by Gasteiger charge is -2.19. The van der Waals surface area contributed by atoms with E-state index in [1.165, 1.54) is 0 Å². The molecule has 0 unspecified atom stereocenters. The summed E-state index contributed by atoms with van der Waals surface area (Å²) in [5.74, 6) is 1.63. The summed E-state index contributed by atoms with van der Waals surface area (Å²) < 4.78 is 6.07. The minimum absolute atomic E-state index is 0.0113. The standard InChI is InChI=1S/C20H22N2O2/c1-13(14-5-3-2-4-6-14)24-16-7-8-17-18(9-16)20(23)22-11-15-10-21-12-19(15)17/h2-9,13,15,19,21H,10-12H2,1H3,(H,22,23)/t13-,15-,19+/m1/s1. The van der Waals surface area contributed by atoms with Crippen molar-refractivity contribution in [2.45, 2.75) is 18.9 Å². The lowest BCUT2D eigenvalue weighted by molar-refractivity contribution is 0.0951. The fraction of sp³-hybridized carbons (Fsp3) is 0.350. The molecule has 2 heterocycles. The zero-order valence-corrected chi connectivity index (χ0v) is 13.8. The van der Waals surface area contributed by atoms with E-state index in [2.05, 4.69) is 28.8 Å². The highest BCUT2D eigenvalue weighted by Gasteiger charge is 2.34. The maximum absolute atomic E-state index is 12.5. The maximum atomic E-state index is 12.5. The number of rotatable bonds is 3. The Morgan fingerprint density at radius 2 is 1.92 bits per heavy atom. The second kappa shape index (κ2) is 6.29. The summed E-state index contributed by atoms with van der Waals surface area (Å²) >= 11 is 0. The van der Waals surface area contributed by atoms with Crippen molar-refractivity contribution in [2.75, 3.05) is 19.6 Å². The van der Waals surface area contributed by atoms with Gasteiger partial charge in [-0.25, -0.2) is 0 Å². The van der Waals surface area contributed by atoms with E-state index < -0.39 is 0 Å². The summed E-state index contributed by atoms with van der Waals surface area (Å²) in [6.07, 6.45) is -0.0565. The highest BCUT2D eigenvalue weighted by atomic mass is 16.5. The highest BCUT2D eigenvalue weighted by molar-refractivity contribution is 5.96. The van der Waals surface area contributed by atoms with E-state index in [1.54, 1.807) is 0 Å². The first-order valence-corrected chi connectivity index (χ1v) is 8.57. The van der Waals surface area contributed by atoms with Crippen LogP contribution in [0.1, 0.15) is 40.4 Å². The van der Waals surface area contributed by atoms with Crippen LogP contribution >= 0.6 is 0 Å². The summed E-state index contributed by atoms with van der Waals surface area (Å²) in [5, 5.41) is 6.48. The Labute approximate surface area is 142 Å². The Hall–Kier alpha value is -2.33. The van der Waals surface area contributed by atoms with Crippen LogP contribution in [0.25, 0.3) is 0 Å². The van der Waals surface area contributed by atoms with Crippen LogP contribution in [0.4, 0.5) is 0 Å². The molecule has 0 radical (unpaired) electrons. The lowest BCUT2D eigenvalue weighted by atomic mass is 9.87. The number of amides is 1. The molecule has 4 heteroatoms. The molecule has 4 rings (SSSR count). The van der Waals surface area contributed by atoms with E-state index in [4.69, 9.17) is 4.74 Å². The number of carbonyl (C=O) groups excluding carboxylic acids is 1. The topological polar surface area (TPSA) is 50.4 Å². The third kappa shape index (κ3) is 2.78. The molecule has 1 fully saturated rings. The van der Waals surface area contributed by atoms with Crippen LogP contribution in [0.3, 0.4) is 0 Å². The zero-order valence-electron chi connectivity index (χ0n) is 13.8. The second-order valence-electron chi connectivity index (χ2n) is 6.65. The van der Waals surface area contributed by atoms with Gasteiger partial charge in [0.15, 0.2) is 0 Å². The number of ether oxygens (including phenoxy) is 1. The van der Waals surface area contributed by atoms with Crippen LogP contribution in [0.2, 0.25) is 0 Å². The van der Waals surface area contributed by atoms with Gasteiger partial charge < -0.3 is 15.4 Å². The van der Waals surface area contributed by atoms with Crippen molar-refractivity contribution >= 4 is 5.91 Å². The summed E-state index contributed by atoms with van der Waals surface area (Å²) in [7, 11) is 0. The minimum Gasteiger partial charge on any atom is -0.486 e. The monoisotopic (exact) mass is 322 g/mol. The first-order valence-electron chi connectivity index (χ1n) is 8.57. The molecule has 0 bridgehead atoms. The van der Waals surface area contributed by atoms with Gasteiger partial charge in [0.05, 0.1) is 0 Å². The van der Waals surface area contributed by atoms with Crippen molar-refractivity contribution in [3.63, 3.8) is 0 Å². The molecule has 0 aliphatic carbocycles. The predicted octanol–water partition coefficient (Wildman–Crippen LogP) is 2.87. The smallest absolute Gasteiger partial charge is 0.251 e. The number of hydrogen-bond donors (Lipinski definition) is 2. The van der Waals surface area contributed by atoms with Gasteiger partial charge >= 0.3 is 0 Å². The Morgan fingerprint density at radius 3 is 2.75 bits per heavy atom. The molecule has 2 aromatic carbocycles. The molecule has 124 valence electrons. The Balaban J connectivity index is 1.62. The van der Waals surface area contributed by atoms with Crippen LogP contribution in [-0.4, -0.2) is 25.5 Å². The molecule has 24 heavy (non-hydrogen) atoms. The Morgan fingerprint density at radius 1 is 1.08 bits per heavy atom. The second-order valence-corrected chi connectivity index (χ2v) is 6.65. The average Bonchev–Trinajstić information content (AvgIpc) is 3.04. The van der Waals surface area contributed by atoms with Crippen LogP contribution in [0.5, 0.6) is 5.75 Å². The van der Waals surface area contributed by atoms with Crippen molar-refractivity contribution in [2.24, 2.45) is 5.92 Å². The van der Waals surface area contributed by atoms with E-state index in [0.717, 1.165) is 42.1 Å². The third-order valence-corrected chi connectivity index (χ3v) is 5.12. The van der Waals surface area contributed by atoms with Crippen molar-refractivity contribution < 1.29 is 9.53 Å². The van der Waals surface area contributed by atoms with Crippen molar-refractivity contribution in [1.82, 2.24) is 10.6 Å². The molecule has 2 aliphatic rings. The Bertz CT molecular complexity index is 745. The normalized spacial score (nSPS) is 23.6. The molecule has 0 saturated carbocycles. The van der Waals surface area contributed by atoms with Crippen LogP contribution in [0.15, 0.2) is 48.5 Å². The number of fused-ring (bicyclic) bond motifs is 3. The zero-order chi connectivity index (χ0) is 16.5. The van der Waals surface area contributed by atoms with Crippen LogP contribution in [0, 0.1) is 5.92 Å². The minimum atomic E-state index is -0.0565. The van der Waals surface area contributed by atoms with Gasteiger partial charge in [0.1, 0.15) is 11.9 Å². The van der Waals surface area contributed by atoms with Gasteiger partial charge in [-0.15, -0.1) is 0 Å². The van der Waals surface area contributed by atoms with Gasteiger partial charge in [0.2, 0.25) is 0 Å². The fourth-order valence-electron chi connectivity index (χ4n) is 3.76. The number of hydrogen-bond acceptors (Lipinski definition) is 3. The number of benzene rings is 2. The van der Waals surface area contributed by atoms with Gasteiger partial charge in [-0.3, -0.25) is 4.79 Å². The van der Waals surface area contributed by atoms with Gasteiger partial charge in [-0.2, -0.15) is 0 Å². The third-order valence-electron chi connectivity index (χ3n) is 5.12. The molecular formula is C20H22N2O2. The quantitative estimate of drug-likeness (QED) is 0.913. The van der Waals surface area contributed by atoms with Crippen molar-refractivity contribution in [3.8, 4) is 5.75 Å². The van der Waals surface area contributed by atoms with E-state index in [0.29, 0.717) is 11.8 Å². The lowest BCUT2D eigenvalue weighted by Crippen LogP contribution is -2.28. The van der Waals surface area contributed by atoms with Crippen LogP contribution < -0.4 is 15.4 Å². The summed E-state index contributed by atoms with van der Waals surface area (Å²) in [6.45, 7) is 4.67. The van der Waals surface area contributed by atoms with E-state index in [1.807, 2.05) is 37.3 Å². The molecule has 0 aromatic heterocycles. The molecule has 2 aliphatic heterocycles. The van der Waals surface area contributed by atoms with Crippen molar-refractivity contribution in [1.29, 1.82) is 0 Å². The molecule has 1 amide bonds. The van der Waals surface area contributed by atoms with E-state index in [-0.39, 0.29) is 12.0 Å². The SMILES string of the molecule is C[C@@H](Oc1ccc2c(c1)C(=O)NC[C@H]1CNC[C@H]21)c1ccccc1. The summed E-state index contributed by atoms with van der Waals surface area (Å²) in [6, 6.07) is 16.1. The summed E-state index contributed by atoms with van der Waals surface area (Å²) in [5.41, 5.74) is 3.01. The van der Waals surface area contributed by atoms with Crippen LogP contribution in [-0.2, 0) is 0 Å². The highest BCUT2D eigenvalue weighted by Crippen LogP contribution is 2.35. The fourth-order valence-corrected chi connectivity index (χ4v) is 3.76. The molecule has 3 atom stereocenters. The maximum Gasteiger partial charge on any atom is 0.251 e. The number of carbonyl (C=O) groups is 1. The molecule has 2 aromatic rings. The molecule has 2 N–H and O–H groups in total. The molecule has 4 nitrogen and oxygen atoms in total. The van der Waals surface area contributed by atoms with Gasteiger partial charge in [0, 0.05) is 31.1 Å².